The average molecular weight is 416 g/mol. The van der Waals surface area contributed by atoms with Crippen LogP contribution in [0.2, 0.25) is 0 Å². The molecule has 1 atom stereocenters. The van der Waals surface area contributed by atoms with E-state index in [4.69, 9.17) is 5.73 Å². The van der Waals surface area contributed by atoms with Crippen LogP contribution in [0.15, 0.2) is 115 Å². The number of nitrogens with two attached hydrogens (primary N) is 1. The van der Waals surface area contributed by atoms with E-state index in [1.165, 1.54) is 38.6 Å². The first-order valence-electron chi connectivity index (χ1n) is 10.9. The number of allylic oxidation sites excluding steroid dienone is 11. The zero-order valence-electron chi connectivity index (χ0n) is 18.9. The standard InChI is InChI=1S/C31H29N/c1-6-10-11-12-13-15-27-30(26-20-22(26)9-4)29-25-17-16-21(8-3)23(14-7-2)24(25)18-19-28(29)31(27,5)32/h6-20H,1,3-4,32H2,2,5H3/b11-10+,13-12+,14-7-,27-15+,30-26-. The van der Waals surface area contributed by atoms with Crippen LogP contribution >= 0.6 is 0 Å². The Labute approximate surface area is 191 Å². The van der Waals surface area contributed by atoms with Crippen LogP contribution < -0.4 is 5.73 Å². The van der Waals surface area contributed by atoms with Crippen LogP contribution in [0.25, 0.3) is 28.5 Å². The maximum absolute atomic E-state index is 7.01. The van der Waals surface area contributed by atoms with E-state index in [9.17, 15) is 0 Å². The monoisotopic (exact) mass is 415 g/mol. The summed E-state index contributed by atoms with van der Waals surface area (Å²) in [7, 11) is 0. The largest absolute Gasteiger partial charge is 0.318 e. The van der Waals surface area contributed by atoms with Crippen molar-refractivity contribution in [3.63, 3.8) is 0 Å². The molecule has 0 radical (unpaired) electrons. The Balaban J connectivity index is 2.03. The Hall–Kier alpha value is -3.68. The van der Waals surface area contributed by atoms with Gasteiger partial charge in [0.2, 0.25) is 0 Å². The summed E-state index contributed by atoms with van der Waals surface area (Å²) in [6, 6.07) is 8.74. The Bertz CT molecular complexity index is 1330. The van der Waals surface area contributed by atoms with Gasteiger partial charge in [0.1, 0.15) is 0 Å². The molecule has 2 N–H and O–H groups in total. The first-order valence-corrected chi connectivity index (χ1v) is 10.9. The second kappa shape index (κ2) is 8.45. The van der Waals surface area contributed by atoms with Crippen LogP contribution in [0, 0.1) is 0 Å². The van der Waals surface area contributed by atoms with Gasteiger partial charge in [-0.05, 0) is 75.2 Å². The molecule has 158 valence electrons. The third-order valence-corrected chi connectivity index (χ3v) is 6.22. The first kappa shape index (κ1) is 21.5. The highest BCUT2D eigenvalue weighted by molar-refractivity contribution is 6.09. The molecular weight excluding hydrogens is 386 g/mol. The summed E-state index contributed by atoms with van der Waals surface area (Å²) in [6.07, 6.45) is 22.1. The Kier molecular flexibility index (Phi) is 5.69. The van der Waals surface area contributed by atoms with Gasteiger partial charge in [-0.2, -0.15) is 0 Å². The van der Waals surface area contributed by atoms with Crippen molar-refractivity contribution >= 4 is 28.5 Å². The highest BCUT2D eigenvalue weighted by atomic mass is 14.8. The maximum atomic E-state index is 7.01. The molecule has 2 aliphatic carbocycles. The van der Waals surface area contributed by atoms with E-state index in [2.05, 4.69) is 75.2 Å². The Morgan fingerprint density at radius 3 is 2.31 bits per heavy atom. The van der Waals surface area contributed by atoms with Crippen LogP contribution in [0.1, 0.15) is 36.1 Å². The minimum absolute atomic E-state index is 0.598. The second-order valence-electron chi connectivity index (χ2n) is 8.24. The van der Waals surface area contributed by atoms with E-state index in [0.717, 1.165) is 16.7 Å². The van der Waals surface area contributed by atoms with Crippen molar-refractivity contribution in [3.05, 3.63) is 138 Å². The summed E-state index contributed by atoms with van der Waals surface area (Å²) in [6.45, 7) is 15.8. The van der Waals surface area contributed by atoms with Gasteiger partial charge in [0.05, 0.1) is 5.54 Å². The van der Waals surface area contributed by atoms with Crippen LogP contribution in [-0.4, -0.2) is 0 Å². The van der Waals surface area contributed by atoms with Crippen LogP contribution in [0.4, 0.5) is 0 Å². The third kappa shape index (κ3) is 3.41. The lowest BCUT2D eigenvalue weighted by atomic mass is 9.89. The normalized spacial score (nSPS) is 23.5. The molecule has 1 nitrogen and oxygen atoms in total. The molecule has 0 bridgehead atoms. The van der Waals surface area contributed by atoms with E-state index in [1.807, 2.05) is 43.4 Å². The van der Waals surface area contributed by atoms with E-state index in [-0.39, 0.29) is 0 Å². The van der Waals surface area contributed by atoms with Gasteiger partial charge < -0.3 is 5.73 Å². The van der Waals surface area contributed by atoms with Crippen LogP contribution in [0.3, 0.4) is 0 Å². The molecule has 0 saturated carbocycles. The van der Waals surface area contributed by atoms with Crippen molar-refractivity contribution in [1.82, 2.24) is 0 Å². The van der Waals surface area contributed by atoms with Gasteiger partial charge in [-0.25, -0.2) is 0 Å². The lowest BCUT2D eigenvalue weighted by Gasteiger charge is -2.22. The van der Waals surface area contributed by atoms with Crippen molar-refractivity contribution in [2.75, 3.05) is 0 Å². The Morgan fingerprint density at radius 2 is 1.66 bits per heavy atom. The molecule has 1 heteroatoms. The number of rotatable bonds is 6. The zero-order chi connectivity index (χ0) is 22.9. The van der Waals surface area contributed by atoms with E-state index >= 15 is 0 Å². The number of fused-ring (bicyclic) bond motifs is 3. The fourth-order valence-corrected chi connectivity index (χ4v) is 4.62. The lowest BCUT2D eigenvalue weighted by molar-refractivity contribution is 0.622. The molecule has 2 aliphatic rings. The fourth-order valence-electron chi connectivity index (χ4n) is 4.62. The van der Waals surface area contributed by atoms with Gasteiger partial charge >= 0.3 is 0 Å². The summed E-state index contributed by atoms with van der Waals surface area (Å²) in [4.78, 5) is 0. The Morgan fingerprint density at radius 1 is 0.906 bits per heavy atom. The molecule has 2 aromatic rings. The van der Waals surface area contributed by atoms with Crippen molar-refractivity contribution in [3.8, 4) is 0 Å². The van der Waals surface area contributed by atoms with Crippen molar-refractivity contribution in [2.24, 2.45) is 5.73 Å². The summed E-state index contributed by atoms with van der Waals surface area (Å²) < 4.78 is 0. The predicted octanol–water partition coefficient (Wildman–Crippen LogP) is 7.81. The van der Waals surface area contributed by atoms with Gasteiger partial charge in [0.15, 0.2) is 0 Å². The van der Waals surface area contributed by atoms with Gasteiger partial charge in [0.25, 0.3) is 0 Å². The predicted molar refractivity (Wildman–Crippen MR) is 142 cm³/mol. The minimum atomic E-state index is -0.598. The highest BCUT2D eigenvalue weighted by Gasteiger charge is 2.42. The van der Waals surface area contributed by atoms with E-state index in [0.29, 0.717) is 0 Å². The lowest BCUT2D eigenvalue weighted by Crippen LogP contribution is -2.32. The number of hydrogen-bond acceptors (Lipinski definition) is 1. The van der Waals surface area contributed by atoms with Gasteiger partial charge in [-0.3, -0.25) is 0 Å². The molecule has 0 saturated heterocycles. The molecule has 4 rings (SSSR count). The average Bonchev–Trinajstić information content (AvgIpc) is 3.53. The first-order chi connectivity index (χ1) is 15.5. The second-order valence-corrected chi connectivity index (χ2v) is 8.24. The molecular formula is C31H29N. The number of benzene rings is 2. The molecule has 32 heavy (non-hydrogen) atoms. The topological polar surface area (TPSA) is 26.0 Å². The van der Waals surface area contributed by atoms with Crippen LogP contribution in [0.5, 0.6) is 0 Å². The van der Waals surface area contributed by atoms with Crippen molar-refractivity contribution in [1.29, 1.82) is 0 Å². The van der Waals surface area contributed by atoms with Gasteiger partial charge in [-0.1, -0.05) is 105 Å². The highest BCUT2D eigenvalue weighted by Crippen LogP contribution is 2.54. The smallest absolute Gasteiger partial charge is 0.0649 e. The SMILES string of the molecule is C=C/C=C/C=C/C=C1\C(=C2C=C/2C=C)c2c(ccc3c(/C=C\C)c(C=C)ccc23)C1(C)N. The van der Waals surface area contributed by atoms with Crippen molar-refractivity contribution < 1.29 is 0 Å². The quantitative estimate of drug-likeness (QED) is 0.478. The summed E-state index contributed by atoms with van der Waals surface area (Å²) in [5, 5.41) is 2.42. The van der Waals surface area contributed by atoms with Gasteiger partial charge in [-0.15, -0.1) is 0 Å². The number of hydrogen-bond donors (Lipinski definition) is 1. The molecule has 0 amide bonds. The third-order valence-electron chi connectivity index (χ3n) is 6.22. The zero-order valence-corrected chi connectivity index (χ0v) is 18.9. The fraction of sp³-hybridized carbons (Fsp3) is 0.0968. The molecule has 0 aromatic heterocycles. The molecule has 0 spiro atoms. The minimum Gasteiger partial charge on any atom is -0.318 e. The molecule has 0 aliphatic heterocycles. The van der Waals surface area contributed by atoms with Crippen LogP contribution in [-0.2, 0) is 5.54 Å². The molecule has 1 unspecified atom stereocenters. The molecule has 0 heterocycles. The van der Waals surface area contributed by atoms with Crippen molar-refractivity contribution in [2.45, 2.75) is 19.4 Å². The summed E-state index contributed by atoms with van der Waals surface area (Å²) in [5.74, 6) is 0. The van der Waals surface area contributed by atoms with E-state index < -0.39 is 5.54 Å². The molecule has 2 aromatic carbocycles. The van der Waals surface area contributed by atoms with Gasteiger partial charge in [0, 0.05) is 0 Å². The summed E-state index contributed by atoms with van der Waals surface area (Å²) in [5.41, 5.74) is 15.8. The van der Waals surface area contributed by atoms with E-state index in [1.54, 1.807) is 6.08 Å². The summed E-state index contributed by atoms with van der Waals surface area (Å²) >= 11 is 0. The maximum Gasteiger partial charge on any atom is 0.0649 e. The molecule has 0 fully saturated rings.